The van der Waals surface area contributed by atoms with Crippen LogP contribution in [0.5, 0.6) is 0 Å². The minimum atomic E-state index is -5.16. The molecule has 0 radical (unpaired) electrons. The molecule has 0 aliphatic heterocycles. The number of rotatable bonds is 2. The van der Waals surface area contributed by atoms with Crippen molar-refractivity contribution >= 4 is 6.29 Å². The van der Waals surface area contributed by atoms with Gasteiger partial charge in [-0.25, -0.2) is 18.2 Å². The van der Waals surface area contributed by atoms with E-state index in [1.54, 1.807) is 0 Å². The van der Waals surface area contributed by atoms with Crippen molar-refractivity contribution in [3.63, 3.8) is 0 Å². The molecule has 0 fully saturated rings. The smallest absolute Gasteiger partial charge is 0.296 e. The van der Waals surface area contributed by atoms with Gasteiger partial charge in [0.2, 0.25) is 0 Å². The van der Waals surface area contributed by atoms with Gasteiger partial charge < -0.3 is 0 Å². The molecule has 0 aliphatic carbocycles. The summed E-state index contributed by atoms with van der Waals surface area (Å²) in [4.78, 5) is 12.9. The predicted octanol–water partition coefficient (Wildman–Crippen LogP) is 2.99. The summed E-state index contributed by atoms with van der Waals surface area (Å²) in [5.41, 5.74) is -4.51. The topological polar surface area (TPSA) is 30.0 Å². The Labute approximate surface area is 84.9 Å². The number of pyridine rings is 1. The molecular formula is C8H3F6NO. The van der Waals surface area contributed by atoms with Crippen LogP contribution in [0.15, 0.2) is 6.07 Å². The summed E-state index contributed by atoms with van der Waals surface area (Å²) >= 11 is 0. The maximum Gasteiger partial charge on any atom is 0.419 e. The molecule has 0 aliphatic rings. The largest absolute Gasteiger partial charge is 0.419 e. The van der Waals surface area contributed by atoms with Crippen molar-refractivity contribution in [2.24, 2.45) is 0 Å². The summed E-state index contributed by atoms with van der Waals surface area (Å²) in [5, 5.41) is 0. The van der Waals surface area contributed by atoms with E-state index in [9.17, 15) is 31.1 Å². The Kier molecular flexibility index (Phi) is 3.20. The number of halogens is 6. The third-order valence-corrected chi connectivity index (χ3v) is 1.64. The molecule has 0 saturated heterocycles. The van der Waals surface area contributed by atoms with Crippen molar-refractivity contribution in [2.75, 3.05) is 0 Å². The summed E-state index contributed by atoms with van der Waals surface area (Å²) in [5.74, 6) is -2.16. The number of carbonyl (C=O) groups is 1. The first kappa shape index (κ1) is 12.5. The van der Waals surface area contributed by atoms with E-state index in [1.807, 2.05) is 0 Å². The Morgan fingerprint density at radius 2 is 1.88 bits per heavy atom. The standard InChI is InChI=1S/C8H3F6NO/c9-5-4(8(12,13)14)1-3(2-16)15-6(5)7(10)11/h1-2,7H. The normalized spacial score (nSPS) is 11.9. The van der Waals surface area contributed by atoms with Crippen LogP contribution in [0, 0.1) is 5.82 Å². The number of aldehydes is 1. The SMILES string of the molecule is O=Cc1cc(C(F)(F)F)c(F)c(C(F)F)n1. The lowest BCUT2D eigenvalue weighted by Crippen LogP contribution is -2.13. The predicted molar refractivity (Wildman–Crippen MR) is 39.5 cm³/mol. The zero-order valence-electron chi connectivity index (χ0n) is 7.36. The van der Waals surface area contributed by atoms with E-state index in [4.69, 9.17) is 0 Å². The van der Waals surface area contributed by atoms with Gasteiger partial charge in [0.15, 0.2) is 12.1 Å². The molecule has 1 aromatic rings. The molecule has 0 aromatic carbocycles. The fraction of sp³-hybridized carbons (Fsp3) is 0.250. The maximum absolute atomic E-state index is 13.0. The van der Waals surface area contributed by atoms with Gasteiger partial charge in [-0.2, -0.15) is 13.2 Å². The van der Waals surface area contributed by atoms with Crippen LogP contribution in [0.2, 0.25) is 0 Å². The summed E-state index contributed by atoms with van der Waals surface area (Å²) in [7, 11) is 0. The van der Waals surface area contributed by atoms with Crippen molar-refractivity contribution in [2.45, 2.75) is 12.6 Å². The molecule has 1 aromatic heterocycles. The number of hydrogen-bond donors (Lipinski definition) is 0. The Hall–Kier alpha value is -1.60. The van der Waals surface area contributed by atoms with Gasteiger partial charge >= 0.3 is 6.18 Å². The van der Waals surface area contributed by atoms with Crippen molar-refractivity contribution in [1.29, 1.82) is 0 Å². The molecule has 0 amide bonds. The van der Waals surface area contributed by atoms with E-state index >= 15 is 0 Å². The molecule has 2 nitrogen and oxygen atoms in total. The first-order valence-electron chi connectivity index (χ1n) is 3.78. The molecule has 16 heavy (non-hydrogen) atoms. The molecular weight excluding hydrogens is 240 g/mol. The lowest BCUT2D eigenvalue weighted by Gasteiger charge is -2.10. The lowest BCUT2D eigenvalue weighted by molar-refractivity contribution is -0.140. The average Bonchev–Trinajstić information content (AvgIpc) is 2.15. The van der Waals surface area contributed by atoms with Gasteiger partial charge in [-0.15, -0.1) is 0 Å². The van der Waals surface area contributed by atoms with Crippen molar-refractivity contribution in [3.05, 3.63) is 28.8 Å². The maximum atomic E-state index is 13.0. The first-order chi connectivity index (χ1) is 7.27. The summed E-state index contributed by atoms with van der Waals surface area (Å²) in [6.07, 6.45) is -8.85. The van der Waals surface area contributed by atoms with Crippen molar-refractivity contribution in [1.82, 2.24) is 4.98 Å². The molecule has 0 saturated carbocycles. The van der Waals surface area contributed by atoms with Gasteiger partial charge in [-0.3, -0.25) is 4.79 Å². The average molecular weight is 243 g/mol. The van der Waals surface area contributed by atoms with Crippen LogP contribution in [0.25, 0.3) is 0 Å². The van der Waals surface area contributed by atoms with E-state index in [0.717, 1.165) is 0 Å². The highest BCUT2D eigenvalue weighted by atomic mass is 19.4. The van der Waals surface area contributed by atoms with E-state index in [-0.39, 0.29) is 12.4 Å². The van der Waals surface area contributed by atoms with Crippen LogP contribution in [0.3, 0.4) is 0 Å². The lowest BCUT2D eigenvalue weighted by atomic mass is 10.1. The second kappa shape index (κ2) is 4.11. The van der Waals surface area contributed by atoms with E-state index < -0.39 is 35.4 Å². The number of aromatic nitrogens is 1. The summed E-state index contributed by atoms with van der Waals surface area (Å²) < 4.78 is 73.7. The highest BCUT2D eigenvalue weighted by molar-refractivity contribution is 5.72. The van der Waals surface area contributed by atoms with Gasteiger partial charge in [0.1, 0.15) is 11.4 Å². The summed E-state index contributed by atoms with van der Waals surface area (Å²) in [6, 6.07) is 0.0776. The molecule has 0 spiro atoms. The minimum absolute atomic E-state index is 0.0776. The Balaban J connectivity index is 3.49. The zero-order valence-corrected chi connectivity index (χ0v) is 7.36. The third kappa shape index (κ3) is 2.31. The van der Waals surface area contributed by atoms with Crippen LogP contribution in [-0.4, -0.2) is 11.3 Å². The molecule has 1 heterocycles. The van der Waals surface area contributed by atoms with Crippen molar-refractivity contribution in [3.8, 4) is 0 Å². The first-order valence-corrected chi connectivity index (χ1v) is 3.78. The zero-order chi connectivity index (χ0) is 12.5. The second-order valence-electron chi connectivity index (χ2n) is 2.71. The van der Waals surface area contributed by atoms with Crippen LogP contribution in [0.1, 0.15) is 28.2 Å². The van der Waals surface area contributed by atoms with E-state index in [1.165, 1.54) is 0 Å². The van der Waals surface area contributed by atoms with Gasteiger partial charge in [0.05, 0.1) is 5.56 Å². The molecule has 0 atom stereocenters. The Morgan fingerprint density at radius 3 is 2.25 bits per heavy atom. The Morgan fingerprint density at radius 1 is 1.31 bits per heavy atom. The Bertz CT molecular complexity index is 414. The molecule has 0 unspecified atom stereocenters. The molecule has 0 bridgehead atoms. The number of nitrogens with zero attached hydrogens (tertiary/aromatic N) is 1. The van der Waals surface area contributed by atoms with Crippen LogP contribution < -0.4 is 0 Å². The van der Waals surface area contributed by atoms with Gasteiger partial charge in [-0.05, 0) is 6.07 Å². The molecule has 1 rings (SSSR count). The van der Waals surface area contributed by atoms with Gasteiger partial charge in [0.25, 0.3) is 6.43 Å². The highest BCUT2D eigenvalue weighted by Crippen LogP contribution is 2.34. The van der Waals surface area contributed by atoms with Crippen LogP contribution in [0.4, 0.5) is 26.3 Å². The van der Waals surface area contributed by atoms with Crippen LogP contribution >= 0.6 is 0 Å². The fourth-order valence-corrected chi connectivity index (χ4v) is 0.981. The van der Waals surface area contributed by atoms with E-state index in [0.29, 0.717) is 0 Å². The monoisotopic (exact) mass is 243 g/mol. The second-order valence-corrected chi connectivity index (χ2v) is 2.71. The van der Waals surface area contributed by atoms with Gasteiger partial charge in [-0.1, -0.05) is 0 Å². The van der Waals surface area contributed by atoms with E-state index in [2.05, 4.69) is 4.98 Å². The molecule has 0 N–H and O–H groups in total. The summed E-state index contributed by atoms with van der Waals surface area (Å²) in [6.45, 7) is 0. The van der Waals surface area contributed by atoms with Crippen molar-refractivity contribution < 1.29 is 31.1 Å². The highest BCUT2D eigenvalue weighted by Gasteiger charge is 2.37. The number of alkyl halides is 5. The van der Waals surface area contributed by atoms with Crippen LogP contribution in [-0.2, 0) is 6.18 Å². The number of hydrogen-bond acceptors (Lipinski definition) is 2. The quantitative estimate of drug-likeness (QED) is 0.590. The minimum Gasteiger partial charge on any atom is -0.296 e. The number of carbonyl (C=O) groups excluding carboxylic acids is 1. The molecule has 88 valence electrons. The fourth-order valence-electron chi connectivity index (χ4n) is 0.981. The molecule has 8 heteroatoms. The third-order valence-electron chi connectivity index (χ3n) is 1.64. The van der Waals surface area contributed by atoms with Gasteiger partial charge in [0, 0.05) is 0 Å².